The standard InChI is InChI=1S/C31H35ClO11/c1-17(33)38-16-27-29(40-18(2)34)31(42-20(4)36)30(41-19(3)35)28(43-27)23-7-10-26(32)24(12-23)11-21-5-8-25(9-6-21)39-15-22-13-37-14-22/h5-10,12,22,27-31H,11,13-16H2,1-4H3/t27-,28+,29-,30+,31+/m1/s1. The maximum atomic E-state index is 12.2. The number of rotatable bonds is 11. The van der Waals surface area contributed by atoms with Crippen LogP contribution in [0.1, 0.15) is 50.5 Å². The first-order chi connectivity index (χ1) is 20.5. The maximum absolute atomic E-state index is 12.2. The van der Waals surface area contributed by atoms with Gasteiger partial charge < -0.3 is 33.2 Å². The third kappa shape index (κ3) is 8.92. The number of ether oxygens (including phenoxy) is 7. The van der Waals surface area contributed by atoms with Crippen LogP contribution in [-0.4, -0.2) is 74.7 Å². The Kier molecular flexibility index (Phi) is 11.0. The monoisotopic (exact) mass is 618 g/mol. The molecule has 2 aromatic rings. The van der Waals surface area contributed by atoms with Crippen molar-refractivity contribution in [2.75, 3.05) is 26.4 Å². The highest BCUT2D eigenvalue weighted by molar-refractivity contribution is 6.31. The second-order valence-corrected chi connectivity index (χ2v) is 10.9. The molecule has 2 aliphatic rings. The van der Waals surface area contributed by atoms with E-state index in [-0.39, 0.29) is 6.61 Å². The molecule has 0 N–H and O–H groups in total. The van der Waals surface area contributed by atoms with Gasteiger partial charge in [-0.25, -0.2) is 0 Å². The third-order valence-electron chi connectivity index (χ3n) is 6.90. The van der Waals surface area contributed by atoms with Crippen molar-refractivity contribution in [3.05, 3.63) is 64.2 Å². The molecule has 0 saturated carbocycles. The molecule has 11 nitrogen and oxygen atoms in total. The molecule has 2 heterocycles. The van der Waals surface area contributed by atoms with Crippen LogP contribution in [0.15, 0.2) is 42.5 Å². The molecule has 2 fully saturated rings. The lowest BCUT2D eigenvalue weighted by atomic mass is 9.89. The van der Waals surface area contributed by atoms with Gasteiger partial charge in [0.05, 0.1) is 19.8 Å². The molecule has 43 heavy (non-hydrogen) atoms. The Morgan fingerprint density at radius 1 is 0.791 bits per heavy atom. The minimum atomic E-state index is -1.26. The van der Waals surface area contributed by atoms with E-state index in [0.717, 1.165) is 16.9 Å². The predicted octanol–water partition coefficient (Wildman–Crippen LogP) is 3.75. The van der Waals surface area contributed by atoms with Crippen LogP contribution < -0.4 is 4.74 Å². The summed E-state index contributed by atoms with van der Waals surface area (Å²) in [6, 6.07) is 12.9. The van der Waals surface area contributed by atoms with Crippen LogP contribution in [0.5, 0.6) is 5.75 Å². The smallest absolute Gasteiger partial charge is 0.303 e. The number of hydrogen-bond acceptors (Lipinski definition) is 11. The second kappa shape index (κ2) is 14.7. The van der Waals surface area contributed by atoms with Gasteiger partial charge >= 0.3 is 23.9 Å². The van der Waals surface area contributed by atoms with Gasteiger partial charge in [0, 0.05) is 38.6 Å². The Labute approximate surface area is 254 Å². The predicted molar refractivity (Wildman–Crippen MR) is 151 cm³/mol. The Morgan fingerprint density at radius 3 is 2.00 bits per heavy atom. The summed E-state index contributed by atoms with van der Waals surface area (Å²) >= 11 is 6.59. The molecule has 2 aliphatic heterocycles. The van der Waals surface area contributed by atoms with Gasteiger partial charge in [0.1, 0.15) is 24.6 Å². The van der Waals surface area contributed by atoms with Crippen molar-refractivity contribution in [3.8, 4) is 5.75 Å². The number of carbonyl (C=O) groups excluding carboxylic acids is 4. The highest BCUT2D eigenvalue weighted by Crippen LogP contribution is 2.39. The van der Waals surface area contributed by atoms with Gasteiger partial charge in [0.15, 0.2) is 18.3 Å². The minimum Gasteiger partial charge on any atom is -0.493 e. The molecule has 12 heteroatoms. The fourth-order valence-electron chi connectivity index (χ4n) is 4.92. The number of esters is 4. The van der Waals surface area contributed by atoms with Gasteiger partial charge in [0.25, 0.3) is 0 Å². The highest BCUT2D eigenvalue weighted by Gasteiger charge is 2.52. The molecule has 0 radical (unpaired) electrons. The summed E-state index contributed by atoms with van der Waals surface area (Å²) in [7, 11) is 0. The quantitative estimate of drug-likeness (QED) is 0.269. The van der Waals surface area contributed by atoms with Crippen LogP contribution >= 0.6 is 11.6 Å². The van der Waals surface area contributed by atoms with Crippen molar-refractivity contribution < 1.29 is 52.3 Å². The Bertz CT molecular complexity index is 1310. The van der Waals surface area contributed by atoms with E-state index < -0.39 is 54.4 Å². The van der Waals surface area contributed by atoms with E-state index in [4.69, 9.17) is 44.8 Å². The number of benzene rings is 2. The number of halogens is 1. The Morgan fingerprint density at radius 2 is 1.42 bits per heavy atom. The van der Waals surface area contributed by atoms with Gasteiger partial charge in [-0.2, -0.15) is 0 Å². The largest absolute Gasteiger partial charge is 0.493 e. The zero-order valence-corrected chi connectivity index (χ0v) is 25.2. The SMILES string of the molecule is CC(=O)OC[C@H]1O[C@@H](c2ccc(Cl)c(Cc3ccc(OCC4COC4)cc3)c2)[C@H](OC(C)=O)[C@@H](OC(C)=O)[C@@H]1OC(C)=O. The molecule has 5 atom stereocenters. The van der Waals surface area contributed by atoms with Gasteiger partial charge in [-0.05, 0) is 41.3 Å². The normalized spacial score (nSPS) is 23.4. The molecule has 0 amide bonds. The van der Waals surface area contributed by atoms with Crippen molar-refractivity contribution in [3.63, 3.8) is 0 Å². The summed E-state index contributed by atoms with van der Waals surface area (Å²) in [5.41, 5.74) is 2.28. The molecule has 0 unspecified atom stereocenters. The van der Waals surface area contributed by atoms with Crippen LogP contribution in [0.4, 0.5) is 0 Å². The lowest BCUT2D eigenvalue weighted by molar-refractivity contribution is -0.254. The zero-order chi connectivity index (χ0) is 31.1. The van der Waals surface area contributed by atoms with E-state index in [2.05, 4.69) is 0 Å². The molecule has 0 aromatic heterocycles. The second-order valence-electron chi connectivity index (χ2n) is 10.5. The topological polar surface area (TPSA) is 133 Å². The first-order valence-electron chi connectivity index (χ1n) is 13.9. The minimum absolute atomic E-state index is 0.309. The summed E-state index contributed by atoms with van der Waals surface area (Å²) in [6.45, 7) is 6.50. The first-order valence-corrected chi connectivity index (χ1v) is 14.3. The van der Waals surface area contributed by atoms with E-state index >= 15 is 0 Å². The van der Waals surface area contributed by atoms with E-state index in [9.17, 15) is 19.2 Å². The Hall–Kier alpha value is -3.67. The first kappa shape index (κ1) is 32.2. The molecule has 2 saturated heterocycles. The summed E-state index contributed by atoms with van der Waals surface area (Å²) in [5.74, 6) is -1.48. The molecule has 2 aromatic carbocycles. The highest BCUT2D eigenvalue weighted by atomic mass is 35.5. The van der Waals surface area contributed by atoms with Crippen molar-refractivity contribution in [2.45, 2.75) is 64.6 Å². The van der Waals surface area contributed by atoms with Gasteiger partial charge in [-0.1, -0.05) is 35.9 Å². The van der Waals surface area contributed by atoms with Crippen molar-refractivity contribution in [2.24, 2.45) is 5.92 Å². The molecular weight excluding hydrogens is 584 g/mol. The van der Waals surface area contributed by atoms with Crippen LogP contribution in [-0.2, 0) is 54.0 Å². The molecule has 232 valence electrons. The molecule has 4 rings (SSSR count). The summed E-state index contributed by atoms with van der Waals surface area (Å²) < 4.78 is 39.1. The van der Waals surface area contributed by atoms with Crippen molar-refractivity contribution in [1.82, 2.24) is 0 Å². The zero-order valence-electron chi connectivity index (χ0n) is 24.4. The number of carbonyl (C=O) groups is 4. The molecular formula is C31H35ClO11. The van der Waals surface area contributed by atoms with Crippen molar-refractivity contribution >= 4 is 35.5 Å². The van der Waals surface area contributed by atoms with Crippen LogP contribution in [0.3, 0.4) is 0 Å². The van der Waals surface area contributed by atoms with Crippen molar-refractivity contribution in [1.29, 1.82) is 0 Å². The van der Waals surface area contributed by atoms with Gasteiger partial charge in [-0.15, -0.1) is 0 Å². The lowest BCUT2D eigenvalue weighted by Crippen LogP contribution is -2.59. The molecule has 0 aliphatic carbocycles. The van der Waals surface area contributed by atoms with Gasteiger partial charge in [0.2, 0.25) is 0 Å². The molecule has 0 spiro atoms. The summed E-state index contributed by atoms with van der Waals surface area (Å²) in [6.07, 6.45) is -5.27. The van der Waals surface area contributed by atoms with E-state index in [1.807, 2.05) is 30.3 Å². The average Bonchev–Trinajstić information content (AvgIpc) is 2.90. The van der Waals surface area contributed by atoms with E-state index in [0.29, 0.717) is 42.7 Å². The lowest BCUT2D eigenvalue weighted by Gasteiger charge is -2.44. The Balaban J connectivity index is 1.63. The third-order valence-corrected chi connectivity index (χ3v) is 7.27. The van der Waals surface area contributed by atoms with E-state index in [1.54, 1.807) is 12.1 Å². The molecule has 0 bridgehead atoms. The van der Waals surface area contributed by atoms with Crippen LogP contribution in [0.2, 0.25) is 5.02 Å². The maximum Gasteiger partial charge on any atom is 0.303 e. The summed E-state index contributed by atoms with van der Waals surface area (Å²) in [5, 5.41) is 0.500. The van der Waals surface area contributed by atoms with Gasteiger partial charge in [-0.3, -0.25) is 19.2 Å². The van der Waals surface area contributed by atoms with Crippen LogP contribution in [0.25, 0.3) is 0 Å². The van der Waals surface area contributed by atoms with E-state index in [1.165, 1.54) is 27.7 Å². The number of hydrogen-bond donors (Lipinski definition) is 0. The fraction of sp³-hybridized carbons (Fsp3) is 0.484. The fourth-order valence-corrected chi connectivity index (χ4v) is 5.11. The average molecular weight is 619 g/mol. The van der Waals surface area contributed by atoms with Crippen LogP contribution in [0, 0.1) is 5.92 Å². The summed E-state index contributed by atoms with van der Waals surface area (Å²) in [4.78, 5) is 48.0.